The first-order valence-electron chi connectivity index (χ1n) is 12.7. The monoisotopic (exact) mass is 482 g/mol. The van der Waals surface area contributed by atoms with Gasteiger partial charge in [0.25, 0.3) is 0 Å². The molecular weight excluding hydrogens is 447 g/mol. The Kier molecular flexibility index (Phi) is 8.52. The summed E-state index contributed by atoms with van der Waals surface area (Å²) in [6, 6.07) is 8.33. The molecule has 1 amide bonds. The fourth-order valence-electron chi connectivity index (χ4n) is 5.05. The highest BCUT2D eigenvalue weighted by molar-refractivity contribution is 5.98. The van der Waals surface area contributed by atoms with Crippen molar-refractivity contribution in [2.45, 2.75) is 39.5 Å². The Morgan fingerprint density at radius 3 is 2.60 bits per heavy atom. The van der Waals surface area contributed by atoms with Gasteiger partial charge in [-0.2, -0.15) is 0 Å². The van der Waals surface area contributed by atoms with E-state index in [2.05, 4.69) is 4.90 Å². The molecule has 7 heteroatoms. The number of aldehydes is 1. The molecule has 2 aliphatic rings. The molecule has 1 aliphatic heterocycles. The van der Waals surface area contributed by atoms with Crippen LogP contribution >= 0.6 is 0 Å². The number of benzene rings is 2. The van der Waals surface area contributed by atoms with E-state index in [0.29, 0.717) is 41.3 Å². The Morgan fingerprint density at radius 1 is 1.20 bits per heavy atom. The van der Waals surface area contributed by atoms with Gasteiger partial charge >= 0.3 is 0 Å². The summed E-state index contributed by atoms with van der Waals surface area (Å²) >= 11 is 0. The predicted molar refractivity (Wildman–Crippen MR) is 135 cm³/mol. The third-order valence-electron chi connectivity index (χ3n) is 7.16. The number of halogens is 1. The number of hydrogen-bond acceptors (Lipinski definition) is 5. The first-order valence-corrected chi connectivity index (χ1v) is 12.7. The maximum atomic E-state index is 15.2. The van der Waals surface area contributed by atoms with Gasteiger partial charge in [0.2, 0.25) is 5.91 Å². The first-order chi connectivity index (χ1) is 17.0. The lowest BCUT2D eigenvalue weighted by molar-refractivity contribution is -0.122. The molecular formula is C28H35FN2O4. The van der Waals surface area contributed by atoms with E-state index in [-0.39, 0.29) is 11.8 Å². The number of carbonyl (C=O) groups is 2. The number of carbonyl (C=O) groups excluding carboxylic acids is 2. The third-order valence-corrected chi connectivity index (χ3v) is 7.16. The largest absolute Gasteiger partial charge is 0.492 e. The molecule has 188 valence electrons. The van der Waals surface area contributed by atoms with Crippen molar-refractivity contribution in [3.8, 4) is 16.9 Å². The summed E-state index contributed by atoms with van der Waals surface area (Å²) in [6.45, 7) is 8.72. The lowest BCUT2D eigenvalue weighted by Crippen LogP contribution is -2.38. The van der Waals surface area contributed by atoms with Gasteiger partial charge in [-0.15, -0.1) is 0 Å². The van der Waals surface area contributed by atoms with Crippen LogP contribution in [0.25, 0.3) is 11.1 Å². The number of nitrogens with zero attached hydrogens (tertiary/aromatic N) is 2. The van der Waals surface area contributed by atoms with Crippen LogP contribution in [0.4, 0.5) is 10.1 Å². The molecule has 1 heterocycles. The number of rotatable bonds is 9. The second kappa shape index (κ2) is 11.8. The quantitative estimate of drug-likeness (QED) is 0.478. The molecule has 0 atom stereocenters. The van der Waals surface area contributed by atoms with E-state index in [4.69, 9.17) is 9.47 Å². The summed E-state index contributed by atoms with van der Waals surface area (Å²) in [5.41, 5.74) is 2.82. The molecule has 0 N–H and O–H groups in total. The number of ether oxygens (including phenoxy) is 2. The molecule has 4 rings (SSSR count). The van der Waals surface area contributed by atoms with E-state index in [9.17, 15) is 9.59 Å². The van der Waals surface area contributed by atoms with Crippen LogP contribution in [0.2, 0.25) is 0 Å². The molecule has 2 aromatic rings. The Balaban J connectivity index is 1.55. The fraction of sp³-hybridized carbons (Fsp3) is 0.500. The van der Waals surface area contributed by atoms with E-state index in [1.54, 1.807) is 23.1 Å². The predicted octanol–water partition coefficient (Wildman–Crippen LogP) is 4.87. The highest BCUT2D eigenvalue weighted by atomic mass is 19.1. The number of anilines is 1. The van der Waals surface area contributed by atoms with Crippen molar-refractivity contribution < 1.29 is 23.5 Å². The molecule has 0 aromatic heterocycles. The molecule has 0 bridgehead atoms. The SMILES string of the molecule is CCN(C(=O)C1CCCC1)c1cc(-c2ccc(OCCN3CCOCC3)cc2F)cc(C=O)c1C. The Bertz CT molecular complexity index is 1050. The van der Waals surface area contributed by atoms with E-state index < -0.39 is 5.82 Å². The van der Waals surface area contributed by atoms with Gasteiger partial charge in [-0.25, -0.2) is 4.39 Å². The molecule has 2 fully saturated rings. The molecule has 0 unspecified atom stereocenters. The molecule has 2 aromatic carbocycles. The Labute approximate surface area is 207 Å². The minimum Gasteiger partial charge on any atom is -0.492 e. The Morgan fingerprint density at radius 2 is 1.94 bits per heavy atom. The molecule has 0 spiro atoms. The van der Waals surface area contributed by atoms with Gasteiger partial charge < -0.3 is 14.4 Å². The van der Waals surface area contributed by atoms with E-state index in [1.165, 1.54) is 6.07 Å². The maximum absolute atomic E-state index is 15.2. The van der Waals surface area contributed by atoms with Crippen LogP contribution in [0.3, 0.4) is 0 Å². The van der Waals surface area contributed by atoms with Crippen LogP contribution < -0.4 is 9.64 Å². The van der Waals surface area contributed by atoms with Gasteiger partial charge in [-0.1, -0.05) is 12.8 Å². The smallest absolute Gasteiger partial charge is 0.230 e. The van der Waals surface area contributed by atoms with E-state index >= 15 is 4.39 Å². The van der Waals surface area contributed by atoms with Crippen molar-refractivity contribution in [2.24, 2.45) is 5.92 Å². The zero-order chi connectivity index (χ0) is 24.8. The minimum atomic E-state index is -0.425. The second-order valence-corrected chi connectivity index (χ2v) is 9.34. The van der Waals surface area contributed by atoms with Crippen LogP contribution in [-0.2, 0) is 9.53 Å². The summed E-state index contributed by atoms with van der Waals surface area (Å²) in [7, 11) is 0. The zero-order valence-electron chi connectivity index (χ0n) is 20.7. The number of morpholine rings is 1. The van der Waals surface area contributed by atoms with Gasteiger partial charge in [-0.05, 0) is 62.1 Å². The van der Waals surface area contributed by atoms with Crippen molar-refractivity contribution in [1.82, 2.24) is 4.90 Å². The van der Waals surface area contributed by atoms with Gasteiger partial charge in [0.15, 0.2) is 0 Å². The fourth-order valence-corrected chi connectivity index (χ4v) is 5.05. The van der Waals surface area contributed by atoms with E-state index in [1.807, 2.05) is 19.9 Å². The molecule has 6 nitrogen and oxygen atoms in total. The van der Waals surface area contributed by atoms with Gasteiger partial charge in [-0.3, -0.25) is 14.5 Å². The van der Waals surface area contributed by atoms with Crippen LogP contribution in [0.5, 0.6) is 5.75 Å². The highest BCUT2D eigenvalue weighted by Crippen LogP contribution is 2.35. The second-order valence-electron chi connectivity index (χ2n) is 9.34. The van der Waals surface area contributed by atoms with Gasteiger partial charge in [0, 0.05) is 55.0 Å². The lowest BCUT2D eigenvalue weighted by Gasteiger charge is -2.27. The Hall–Kier alpha value is -2.77. The van der Waals surface area contributed by atoms with Crippen molar-refractivity contribution in [3.05, 3.63) is 47.3 Å². The van der Waals surface area contributed by atoms with Crippen molar-refractivity contribution in [3.63, 3.8) is 0 Å². The summed E-state index contributed by atoms with van der Waals surface area (Å²) in [6.07, 6.45) is 4.71. The average Bonchev–Trinajstić information content (AvgIpc) is 3.41. The van der Waals surface area contributed by atoms with Crippen molar-refractivity contribution in [2.75, 3.05) is 50.9 Å². The van der Waals surface area contributed by atoms with Crippen molar-refractivity contribution >= 4 is 17.9 Å². The van der Waals surface area contributed by atoms with E-state index in [0.717, 1.165) is 70.4 Å². The maximum Gasteiger partial charge on any atom is 0.230 e. The standard InChI is InChI=1S/C28H35FN2O4/c1-3-31(28(33)21-6-4-5-7-21)27-17-22(16-23(19-32)20(27)2)25-9-8-24(18-26(25)29)35-15-12-30-10-13-34-14-11-30/h8-9,16-19,21H,3-7,10-15H2,1-2H3. The molecule has 1 saturated heterocycles. The molecule has 1 saturated carbocycles. The third kappa shape index (κ3) is 5.90. The minimum absolute atomic E-state index is 0.0170. The summed E-state index contributed by atoms with van der Waals surface area (Å²) < 4.78 is 26.3. The topological polar surface area (TPSA) is 59.1 Å². The average molecular weight is 483 g/mol. The molecule has 35 heavy (non-hydrogen) atoms. The normalized spacial score (nSPS) is 16.9. The lowest BCUT2D eigenvalue weighted by atomic mass is 9.96. The van der Waals surface area contributed by atoms with Crippen LogP contribution in [-0.4, -0.2) is 63.1 Å². The van der Waals surface area contributed by atoms with Crippen LogP contribution in [0.15, 0.2) is 30.3 Å². The first kappa shape index (κ1) is 25.3. The molecule has 1 aliphatic carbocycles. The highest BCUT2D eigenvalue weighted by Gasteiger charge is 2.29. The summed E-state index contributed by atoms with van der Waals surface area (Å²) in [5.74, 6) is 0.148. The summed E-state index contributed by atoms with van der Waals surface area (Å²) in [4.78, 5) is 29.1. The van der Waals surface area contributed by atoms with Crippen molar-refractivity contribution in [1.29, 1.82) is 0 Å². The van der Waals surface area contributed by atoms with Crippen LogP contribution in [0.1, 0.15) is 48.5 Å². The number of hydrogen-bond donors (Lipinski definition) is 0. The molecule has 0 radical (unpaired) electrons. The summed E-state index contributed by atoms with van der Waals surface area (Å²) in [5, 5.41) is 0. The van der Waals surface area contributed by atoms with Crippen LogP contribution in [0, 0.1) is 18.7 Å². The zero-order valence-corrected chi connectivity index (χ0v) is 20.7. The van der Waals surface area contributed by atoms with Gasteiger partial charge in [0.05, 0.1) is 13.2 Å². The van der Waals surface area contributed by atoms with Gasteiger partial charge in [0.1, 0.15) is 24.5 Å². The number of amides is 1.